The minimum absolute atomic E-state index is 0.0644. The Morgan fingerprint density at radius 2 is 2.00 bits per heavy atom. The number of H-pyrrole nitrogens is 1. The zero-order valence-electron chi connectivity index (χ0n) is 13.1. The van der Waals surface area contributed by atoms with E-state index in [2.05, 4.69) is 25.6 Å². The SMILES string of the molecule is Cc1ccnc(Nc2cc3cc[nH]c(=O)c3c(NCC(F)(F)F)n2)c1. The van der Waals surface area contributed by atoms with Gasteiger partial charge in [-0.05, 0) is 42.1 Å². The first-order valence-corrected chi connectivity index (χ1v) is 7.34. The molecule has 0 amide bonds. The van der Waals surface area contributed by atoms with Crippen molar-refractivity contribution in [2.24, 2.45) is 0 Å². The van der Waals surface area contributed by atoms with Gasteiger partial charge in [0.1, 0.15) is 24.0 Å². The number of nitrogens with zero attached hydrogens (tertiary/aromatic N) is 2. The molecule has 0 fully saturated rings. The van der Waals surface area contributed by atoms with Gasteiger partial charge in [-0.2, -0.15) is 13.2 Å². The number of halogens is 3. The third-order valence-corrected chi connectivity index (χ3v) is 3.38. The first-order valence-electron chi connectivity index (χ1n) is 7.34. The highest BCUT2D eigenvalue weighted by Crippen LogP contribution is 2.25. The second kappa shape index (κ2) is 6.42. The van der Waals surface area contributed by atoms with Gasteiger partial charge in [-0.15, -0.1) is 0 Å². The Balaban J connectivity index is 2.04. The summed E-state index contributed by atoms with van der Waals surface area (Å²) in [5, 5.41) is 5.65. The predicted octanol–water partition coefficient (Wildman–Crippen LogP) is 3.34. The van der Waals surface area contributed by atoms with Crippen molar-refractivity contribution in [1.29, 1.82) is 0 Å². The van der Waals surface area contributed by atoms with Crippen molar-refractivity contribution in [3.8, 4) is 0 Å². The summed E-state index contributed by atoms with van der Waals surface area (Å²) >= 11 is 0. The summed E-state index contributed by atoms with van der Waals surface area (Å²) in [6.07, 6.45) is -1.41. The van der Waals surface area contributed by atoms with E-state index in [9.17, 15) is 18.0 Å². The molecule has 9 heteroatoms. The average molecular weight is 349 g/mol. The number of aromatic amines is 1. The van der Waals surface area contributed by atoms with Crippen LogP contribution in [0.4, 0.5) is 30.6 Å². The molecule has 3 rings (SSSR count). The smallest absolute Gasteiger partial charge is 0.360 e. The largest absolute Gasteiger partial charge is 0.405 e. The van der Waals surface area contributed by atoms with Gasteiger partial charge < -0.3 is 15.6 Å². The molecule has 0 aliphatic heterocycles. The number of rotatable bonds is 4. The van der Waals surface area contributed by atoms with Crippen LogP contribution in [0.25, 0.3) is 10.8 Å². The van der Waals surface area contributed by atoms with Gasteiger partial charge in [0.05, 0.1) is 5.39 Å². The van der Waals surface area contributed by atoms with E-state index in [4.69, 9.17) is 0 Å². The van der Waals surface area contributed by atoms with Gasteiger partial charge in [0.2, 0.25) is 0 Å². The number of alkyl halides is 3. The Kier molecular flexibility index (Phi) is 4.30. The molecule has 3 aromatic heterocycles. The normalized spacial score (nSPS) is 11.5. The van der Waals surface area contributed by atoms with Gasteiger partial charge in [-0.3, -0.25) is 4.79 Å². The summed E-state index contributed by atoms with van der Waals surface area (Å²) in [7, 11) is 0. The lowest BCUT2D eigenvalue weighted by Crippen LogP contribution is -2.23. The molecular formula is C16H14F3N5O. The lowest BCUT2D eigenvalue weighted by Gasteiger charge is -2.13. The zero-order valence-corrected chi connectivity index (χ0v) is 13.1. The third-order valence-electron chi connectivity index (χ3n) is 3.38. The number of aromatic nitrogens is 3. The monoisotopic (exact) mass is 349 g/mol. The molecule has 0 saturated heterocycles. The van der Waals surface area contributed by atoms with Crippen molar-refractivity contribution in [2.75, 3.05) is 17.2 Å². The van der Waals surface area contributed by atoms with E-state index in [1.54, 1.807) is 24.4 Å². The molecule has 25 heavy (non-hydrogen) atoms. The highest BCUT2D eigenvalue weighted by atomic mass is 19.4. The fourth-order valence-corrected chi connectivity index (χ4v) is 2.33. The third kappa shape index (κ3) is 4.06. The number of anilines is 3. The van der Waals surface area contributed by atoms with Crippen molar-refractivity contribution in [3.63, 3.8) is 0 Å². The molecule has 130 valence electrons. The van der Waals surface area contributed by atoms with Crippen LogP contribution in [0.3, 0.4) is 0 Å². The molecule has 3 aromatic rings. The van der Waals surface area contributed by atoms with Crippen LogP contribution >= 0.6 is 0 Å². The molecule has 0 spiro atoms. The second-order valence-electron chi connectivity index (χ2n) is 5.44. The summed E-state index contributed by atoms with van der Waals surface area (Å²) in [6.45, 7) is 0.589. The van der Waals surface area contributed by atoms with Crippen molar-refractivity contribution >= 4 is 28.2 Å². The lowest BCUT2D eigenvalue weighted by atomic mass is 10.2. The van der Waals surface area contributed by atoms with E-state index in [0.29, 0.717) is 11.2 Å². The van der Waals surface area contributed by atoms with Crippen LogP contribution in [-0.2, 0) is 0 Å². The molecule has 6 nitrogen and oxygen atoms in total. The van der Waals surface area contributed by atoms with E-state index in [-0.39, 0.29) is 17.0 Å². The highest BCUT2D eigenvalue weighted by molar-refractivity contribution is 5.93. The molecule has 0 aliphatic carbocycles. The van der Waals surface area contributed by atoms with Crippen molar-refractivity contribution in [3.05, 3.63) is 52.6 Å². The Hall–Kier alpha value is -3.10. The fourth-order valence-electron chi connectivity index (χ4n) is 2.33. The fraction of sp³-hybridized carbons (Fsp3) is 0.188. The van der Waals surface area contributed by atoms with Crippen LogP contribution in [0.5, 0.6) is 0 Å². The summed E-state index contributed by atoms with van der Waals surface area (Å²) in [5.74, 6) is 0.631. The van der Waals surface area contributed by atoms with E-state index in [1.807, 2.05) is 13.0 Å². The molecule has 0 bridgehead atoms. The van der Waals surface area contributed by atoms with Crippen LogP contribution in [0, 0.1) is 6.92 Å². The average Bonchev–Trinajstić information content (AvgIpc) is 2.52. The maximum absolute atomic E-state index is 12.5. The molecule has 3 heterocycles. The van der Waals surface area contributed by atoms with Crippen LogP contribution in [-0.4, -0.2) is 27.7 Å². The topological polar surface area (TPSA) is 82.7 Å². The summed E-state index contributed by atoms with van der Waals surface area (Å²) in [5.41, 5.74) is 0.444. The number of pyridine rings is 3. The Bertz CT molecular complexity index is 968. The number of hydrogen-bond acceptors (Lipinski definition) is 5. The van der Waals surface area contributed by atoms with Crippen molar-refractivity contribution < 1.29 is 13.2 Å². The minimum atomic E-state index is -4.43. The van der Waals surface area contributed by atoms with E-state index in [0.717, 1.165) is 5.56 Å². The molecule has 0 saturated carbocycles. The molecular weight excluding hydrogens is 335 g/mol. The Morgan fingerprint density at radius 1 is 1.20 bits per heavy atom. The quantitative estimate of drug-likeness (QED) is 0.673. The van der Waals surface area contributed by atoms with Crippen LogP contribution in [0.15, 0.2) is 41.5 Å². The molecule has 0 unspecified atom stereocenters. The van der Waals surface area contributed by atoms with Gasteiger partial charge in [-0.25, -0.2) is 9.97 Å². The maximum Gasteiger partial charge on any atom is 0.405 e. The Labute approximate surface area is 140 Å². The van der Waals surface area contributed by atoms with Crippen LogP contribution in [0.2, 0.25) is 0 Å². The van der Waals surface area contributed by atoms with Crippen LogP contribution in [0.1, 0.15) is 5.56 Å². The summed E-state index contributed by atoms with van der Waals surface area (Å²) in [6, 6.07) is 6.75. The lowest BCUT2D eigenvalue weighted by molar-refractivity contribution is -0.115. The van der Waals surface area contributed by atoms with Crippen molar-refractivity contribution in [1.82, 2.24) is 15.0 Å². The van der Waals surface area contributed by atoms with Crippen molar-refractivity contribution in [2.45, 2.75) is 13.1 Å². The molecule has 0 aliphatic rings. The number of aryl methyl sites for hydroxylation is 1. The molecule has 0 radical (unpaired) electrons. The highest BCUT2D eigenvalue weighted by Gasteiger charge is 2.27. The first-order chi connectivity index (χ1) is 11.8. The number of nitrogens with one attached hydrogen (secondary N) is 3. The van der Waals surface area contributed by atoms with Crippen LogP contribution < -0.4 is 16.2 Å². The van der Waals surface area contributed by atoms with Gasteiger partial charge in [0.25, 0.3) is 5.56 Å². The standard InChI is InChI=1S/C16H14F3N5O/c1-9-2-4-20-11(6-9)23-12-7-10-3-5-21-15(25)13(10)14(24-12)22-8-16(17,18)19/h2-7H,8H2,1H3,(H,21,25)(H2,20,22,23,24). The van der Waals surface area contributed by atoms with Gasteiger partial charge in [-0.1, -0.05) is 0 Å². The van der Waals surface area contributed by atoms with E-state index >= 15 is 0 Å². The summed E-state index contributed by atoms with van der Waals surface area (Å²) < 4.78 is 37.6. The molecule has 3 N–H and O–H groups in total. The number of fused-ring (bicyclic) bond motifs is 1. The maximum atomic E-state index is 12.5. The predicted molar refractivity (Wildman–Crippen MR) is 89.2 cm³/mol. The second-order valence-corrected chi connectivity index (χ2v) is 5.44. The van der Waals surface area contributed by atoms with E-state index in [1.165, 1.54) is 6.20 Å². The number of hydrogen-bond donors (Lipinski definition) is 3. The Morgan fingerprint density at radius 3 is 2.72 bits per heavy atom. The zero-order chi connectivity index (χ0) is 18.0. The van der Waals surface area contributed by atoms with Gasteiger partial charge in [0.15, 0.2) is 0 Å². The molecule has 0 aromatic carbocycles. The van der Waals surface area contributed by atoms with Gasteiger partial charge in [0, 0.05) is 12.4 Å². The van der Waals surface area contributed by atoms with E-state index < -0.39 is 18.3 Å². The molecule has 0 atom stereocenters. The van der Waals surface area contributed by atoms with Gasteiger partial charge >= 0.3 is 6.18 Å². The first kappa shape index (κ1) is 16.7. The summed E-state index contributed by atoms with van der Waals surface area (Å²) in [4.78, 5) is 22.7. The minimum Gasteiger partial charge on any atom is -0.360 e.